The Morgan fingerprint density at radius 1 is 1.62 bits per heavy atom. The molecule has 1 atom stereocenters. The van der Waals surface area contributed by atoms with E-state index in [0.717, 1.165) is 22.5 Å². The van der Waals surface area contributed by atoms with Gasteiger partial charge in [0.25, 0.3) is 0 Å². The van der Waals surface area contributed by atoms with Crippen molar-refractivity contribution in [3.63, 3.8) is 0 Å². The van der Waals surface area contributed by atoms with Crippen LogP contribution >= 0.6 is 27.7 Å². The quantitative estimate of drug-likeness (QED) is 0.625. The standard InChI is InChI=1S/C10H19BrN4S/c1-4-15-10(8(11)5-13-15)9(14-12)6-16-7(2)3/h5,7,9,14H,4,6,12H2,1-3H3. The summed E-state index contributed by atoms with van der Waals surface area (Å²) in [4.78, 5) is 0. The maximum Gasteiger partial charge on any atom is 0.0730 e. The minimum Gasteiger partial charge on any atom is -0.271 e. The minimum atomic E-state index is 0.129. The molecule has 0 fully saturated rings. The smallest absolute Gasteiger partial charge is 0.0730 e. The lowest BCUT2D eigenvalue weighted by molar-refractivity contribution is 0.526. The number of nitrogens with two attached hydrogens (primary N) is 1. The van der Waals surface area contributed by atoms with Gasteiger partial charge in [-0.2, -0.15) is 16.9 Å². The largest absolute Gasteiger partial charge is 0.271 e. The molecule has 0 aromatic carbocycles. The summed E-state index contributed by atoms with van der Waals surface area (Å²) < 4.78 is 2.98. The van der Waals surface area contributed by atoms with Crippen LogP contribution in [-0.4, -0.2) is 20.8 Å². The van der Waals surface area contributed by atoms with Crippen molar-refractivity contribution in [3.8, 4) is 0 Å². The fourth-order valence-corrected chi connectivity index (χ4v) is 2.87. The number of halogens is 1. The van der Waals surface area contributed by atoms with Gasteiger partial charge in [-0.1, -0.05) is 13.8 Å². The predicted molar refractivity (Wildman–Crippen MR) is 73.3 cm³/mol. The van der Waals surface area contributed by atoms with Crippen molar-refractivity contribution in [1.29, 1.82) is 0 Å². The topological polar surface area (TPSA) is 55.9 Å². The van der Waals surface area contributed by atoms with Crippen LogP contribution in [-0.2, 0) is 6.54 Å². The van der Waals surface area contributed by atoms with Crippen molar-refractivity contribution in [1.82, 2.24) is 15.2 Å². The van der Waals surface area contributed by atoms with Crippen LogP contribution in [0.2, 0.25) is 0 Å². The van der Waals surface area contributed by atoms with Gasteiger partial charge in [0.15, 0.2) is 0 Å². The summed E-state index contributed by atoms with van der Waals surface area (Å²) in [5.74, 6) is 6.56. The van der Waals surface area contributed by atoms with Crippen molar-refractivity contribution >= 4 is 27.7 Å². The first kappa shape index (κ1) is 14.0. The van der Waals surface area contributed by atoms with Crippen LogP contribution in [0.25, 0.3) is 0 Å². The van der Waals surface area contributed by atoms with E-state index in [4.69, 9.17) is 5.84 Å². The fourth-order valence-electron chi connectivity index (χ4n) is 1.46. The molecule has 1 aromatic rings. The maximum absolute atomic E-state index is 5.62. The highest BCUT2D eigenvalue weighted by molar-refractivity contribution is 9.10. The third kappa shape index (κ3) is 3.48. The van der Waals surface area contributed by atoms with E-state index >= 15 is 0 Å². The van der Waals surface area contributed by atoms with Gasteiger partial charge in [-0.3, -0.25) is 16.0 Å². The summed E-state index contributed by atoms with van der Waals surface area (Å²) in [6, 6.07) is 0.129. The monoisotopic (exact) mass is 306 g/mol. The molecule has 0 aliphatic rings. The number of rotatable bonds is 6. The van der Waals surface area contributed by atoms with Gasteiger partial charge in [0, 0.05) is 12.3 Å². The molecule has 0 bridgehead atoms. The van der Waals surface area contributed by atoms with E-state index in [1.807, 2.05) is 22.6 Å². The van der Waals surface area contributed by atoms with E-state index in [1.54, 1.807) is 0 Å². The molecule has 0 saturated carbocycles. The van der Waals surface area contributed by atoms with Gasteiger partial charge in [-0.15, -0.1) is 0 Å². The van der Waals surface area contributed by atoms with Crippen LogP contribution in [0.3, 0.4) is 0 Å². The van der Waals surface area contributed by atoms with Crippen LogP contribution in [0.5, 0.6) is 0 Å². The summed E-state index contributed by atoms with van der Waals surface area (Å²) in [7, 11) is 0. The maximum atomic E-state index is 5.62. The highest BCUT2D eigenvalue weighted by atomic mass is 79.9. The summed E-state index contributed by atoms with van der Waals surface area (Å²) in [6.45, 7) is 7.30. The van der Waals surface area contributed by atoms with Gasteiger partial charge in [-0.05, 0) is 28.1 Å². The molecule has 1 unspecified atom stereocenters. The van der Waals surface area contributed by atoms with E-state index in [9.17, 15) is 0 Å². The second kappa shape index (κ2) is 6.64. The number of hydrazine groups is 1. The molecular formula is C10H19BrN4S. The lowest BCUT2D eigenvalue weighted by Crippen LogP contribution is -2.32. The molecule has 16 heavy (non-hydrogen) atoms. The predicted octanol–water partition coefficient (Wildman–Crippen LogP) is 2.31. The average molecular weight is 307 g/mol. The molecule has 0 aliphatic carbocycles. The average Bonchev–Trinajstić information content (AvgIpc) is 2.61. The molecule has 3 N–H and O–H groups in total. The summed E-state index contributed by atoms with van der Waals surface area (Å²) in [6.07, 6.45) is 1.82. The van der Waals surface area contributed by atoms with E-state index in [2.05, 4.69) is 47.2 Å². The van der Waals surface area contributed by atoms with Crippen LogP contribution < -0.4 is 11.3 Å². The Morgan fingerprint density at radius 2 is 2.31 bits per heavy atom. The van der Waals surface area contributed by atoms with Crippen molar-refractivity contribution in [2.75, 3.05) is 5.75 Å². The van der Waals surface area contributed by atoms with Crippen molar-refractivity contribution < 1.29 is 0 Å². The summed E-state index contributed by atoms with van der Waals surface area (Å²) >= 11 is 5.40. The molecule has 1 rings (SSSR count). The first-order valence-corrected chi connectivity index (χ1v) is 7.23. The van der Waals surface area contributed by atoms with Gasteiger partial charge in [0.05, 0.1) is 22.4 Å². The van der Waals surface area contributed by atoms with E-state index < -0.39 is 0 Å². The minimum absolute atomic E-state index is 0.129. The molecule has 0 radical (unpaired) electrons. The molecule has 0 aliphatic heterocycles. The number of nitrogens with zero attached hydrogens (tertiary/aromatic N) is 2. The van der Waals surface area contributed by atoms with Crippen LogP contribution in [0, 0.1) is 0 Å². The first-order chi connectivity index (χ1) is 7.60. The number of hydrogen-bond donors (Lipinski definition) is 2. The second-order valence-electron chi connectivity index (χ2n) is 3.79. The zero-order chi connectivity index (χ0) is 12.1. The Kier molecular flexibility index (Phi) is 5.82. The number of aromatic nitrogens is 2. The van der Waals surface area contributed by atoms with Crippen LogP contribution in [0.15, 0.2) is 10.7 Å². The molecule has 1 aromatic heterocycles. The fraction of sp³-hybridized carbons (Fsp3) is 0.700. The van der Waals surface area contributed by atoms with Gasteiger partial charge in [0.2, 0.25) is 0 Å². The number of nitrogens with one attached hydrogen (secondary N) is 1. The van der Waals surface area contributed by atoms with Gasteiger partial charge >= 0.3 is 0 Å². The third-order valence-electron chi connectivity index (χ3n) is 2.26. The van der Waals surface area contributed by atoms with Crippen LogP contribution in [0.1, 0.15) is 32.5 Å². The molecule has 6 heteroatoms. The molecule has 0 saturated heterocycles. The molecule has 1 heterocycles. The van der Waals surface area contributed by atoms with E-state index in [0.29, 0.717) is 5.25 Å². The normalized spacial score (nSPS) is 13.4. The Hall–Kier alpha value is -0.0400. The van der Waals surface area contributed by atoms with Gasteiger partial charge < -0.3 is 0 Å². The van der Waals surface area contributed by atoms with E-state index in [1.165, 1.54) is 0 Å². The Labute approximate surface area is 109 Å². The Morgan fingerprint density at radius 3 is 2.81 bits per heavy atom. The zero-order valence-corrected chi connectivity index (χ0v) is 12.3. The Bertz CT molecular complexity index is 327. The molecule has 4 nitrogen and oxygen atoms in total. The highest BCUT2D eigenvalue weighted by Crippen LogP contribution is 2.26. The molecule has 92 valence electrons. The lowest BCUT2D eigenvalue weighted by atomic mass is 10.2. The second-order valence-corrected chi connectivity index (χ2v) is 6.26. The summed E-state index contributed by atoms with van der Waals surface area (Å²) in [5.41, 5.74) is 3.99. The lowest BCUT2D eigenvalue weighted by Gasteiger charge is -2.18. The van der Waals surface area contributed by atoms with Crippen molar-refractivity contribution in [3.05, 3.63) is 16.4 Å². The van der Waals surface area contributed by atoms with Gasteiger partial charge in [0.1, 0.15) is 0 Å². The van der Waals surface area contributed by atoms with Crippen LogP contribution in [0.4, 0.5) is 0 Å². The first-order valence-electron chi connectivity index (χ1n) is 5.39. The highest BCUT2D eigenvalue weighted by Gasteiger charge is 2.18. The number of thioether (sulfide) groups is 1. The molecular weight excluding hydrogens is 288 g/mol. The zero-order valence-electron chi connectivity index (χ0n) is 9.90. The van der Waals surface area contributed by atoms with Crippen molar-refractivity contribution in [2.45, 2.75) is 38.6 Å². The van der Waals surface area contributed by atoms with Gasteiger partial charge in [-0.25, -0.2) is 0 Å². The molecule has 0 spiro atoms. The van der Waals surface area contributed by atoms with E-state index in [-0.39, 0.29) is 6.04 Å². The summed E-state index contributed by atoms with van der Waals surface area (Å²) in [5, 5.41) is 4.90. The number of hydrogen-bond acceptors (Lipinski definition) is 4. The SMILES string of the molecule is CCn1ncc(Br)c1C(CSC(C)C)NN. The Balaban J connectivity index is 2.81. The third-order valence-corrected chi connectivity index (χ3v) is 4.06. The molecule has 0 amide bonds. The van der Waals surface area contributed by atoms with Crippen molar-refractivity contribution in [2.24, 2.45) is 5.84 Å². The number of aryl methyl sites for hydroxylation is 1.